The summed E-state index contributed by atoms with van der Waals surface area (Å²) in [6, 6.07) is 0. The van der Waals surface area contributed by atoms with Crippen LogP contribution in [0.3, 0.4) is 0 Å². The maximum atomic E-state index is 13.7. The van der Waals surface area contributed by atoms with Crippen LogP contribution in [0.25, 0.3) is 0 Å². The van der Waals surface area contributed by atoms with E-state index in [9.17, 15) is 45.6 Å². The second kappa shape index (κ2) is 21.6. The van der Waals surface area contributed by atoms with Crippen LogP contribution in [0.15, 0.2) is 24.3 Å². The molecule has 0 unspecified atom stereocenters. The summed E-state index contributed by atoms with van der Waals surface area (Å²) >= 11 is 0. The van der Waals surface area contributed by atoms with E-state index >= 15 is 0 Å². The molecule has 0 aromatic carbocycles. The predicted octanol–water partition coefficient (Wildman–Crippen LogP) is 3.16. The minimum absolute atomic E-state index is 0.0294. The largest absolute Gasteiger partial charge is 0.459 e. The Balaban J connectivity index is 1.49. The van der Waals surface area contributed by atoms with Crippen molar-refractivity contribution in [3.63, 3.8) is 0 Å². The highest BCUT2D eigenvalue weighted by molar-refractivity contribution is 5.82. The summed E-state index contributed by atoms with van der Waals surface area (Å²) in [7, 11) is 1.43. The van der Waals surface area contributed by atoms with Gasteiger partial charge in [0.25, 0.3) is 0 Å². The van der Waals surface area contributed by atoms with Crippen LogP contribution in [0.1, 0.15) is 126 Å². The topological polar surface area (TPSA) is 244 Å². The molecular formula is C47H80O16. The van der Waals surface area contributed by atoms with Crippen molar-refractivity contribution in [1.82, 2.24) is 0 Å². The summed E-state index contributed by atoms with van der Waals surface area (Å²) in [5.74, 6) is -5.51. The highest BCUT2D eigenvalue weighted by Crippen LogP contribution is 2.48. The monoisotopic (exact) mass is 901 g/mol. The Morgan fingerprint density at radius 3 is 2.30 bits per heavy atom. The van der Waals surface area contributed by atoms with Crippen LogP contribution in [0, 0.1) is 29.6 Å². The molecule has 63 heavy (non-hydrogen) atoms. The molecule has 0 aliphatic carbocycles. The molecule has 5 aliphatic rings. The molecule has 5 aliphatic heterocycles. The first-order valence-corrected chi connectivity index (χ1v) is 23.4. The quantitative estimate of drug-likeness (QED) is 0.141. The van der Waals surface area contributed by atoms with Crippen molar-refractivity contribution >= 4 is 5.97 Å². The van der Waals surface area contributed by atoms with Crippen molar-refractivity contribution in [2.75, 3.05) is 13.7 Å². The molecule has 1 spiro atoms. The summed E-state index contributed by atoms with van der Waals surface area (Å²) < 4.78 is 43.6. The fourth-order valence-corrected chi connectivity index (χ4v) is 10.1. The minimum Gasteiger partial charge on any atom is -0.459 e. The number of carbonyl (C=O) groups excluding carboxylic acids is 1. The van der Waals surface area contributed by atoms with Crippen molar-refractivity contribution in [2.45, 2.75) is 222 Å². The summed E-state index contributed by atoms with van der Waals surface area (Å²) in [4.78, 5) is 13.7. The highest BCUT2D eigenvalue weighted by atomic mass is 16.7. The first-order valence-electron chi connectivity index (χ1n) is 23.4. The van der Waals surface area contributed by atoms with Gasteiger partial charge >= 0.3 is 5.97 Å². The number of carbonyl (C=O) groups is 1. The van der Waals surface area contributed by atoms with E-state index in [0.29, 0.717) is 45.1 Å². The normalized spacial score (nSPS) is 50.3. The van der Waals surface area contributed by atoms with E-state index in [1.165, 1.54) is 27.9 Å². The smallest absolute Gasteiger partial charge is 0.330 e. The standard InChI is InChI=1S/C47H80O16/c1-10-32(48)21-33-27(3)15-19-46(62-33)23-35-28(4)36(63-46)24-47(56)31(20-26(2)25-58-47)14-12-11-13-17-44(7,54)43(53)41(61-38-22-34(57-9)40(51)30(6)59-38)39(50)29(5)42(52)45(8,55)18-16-37(49)60-35/h12,14,16,18,26-36,38-43,48,50-56H,10-11,13,15,17,19-25H2,1-9H3/b14-12-,18-16-/t26-,27-,28-,29-,30+,31+,32+,33-,34-,35-,36-,38-,39+,40+,41-,42-,43+,44+,45+,46+,47-/m0/s1. The Labute approximate surface area is 373 Å². The van der Waals surface area contributed by atoms with Gasteiger partial charge in [0.15, 0.2) is 17.9 Å². The molecule has 0 saturated carbocycles. The maximum absolute atomic E-state index is 13.7. The zero-order chi connectivity index (χ0) is 46.7. The number of allylic oxidation sites excluding steroid dienone is 1. The molecule has 2 bridgehead atoms. The zero-order valence-electron chi connectivity index (χ0n) is 39.0. The predicted molar refractivity (Wildman–Crippen MR) is 229 cm³/mol. The van der Waals surface area contributed by atoms with Crippen LogP contribution in [0.2, 0.25) is 0 Å². The Kier molecular flexibility index (Phi) is 17.9. The van der Waals surface area contributed by atoms with Gasteiger partial charge in [-0.2, -0.15) is 0 Å². The Bertz CT molecular complexity index is 1520. The van der Waals surface area contributed by atoms with Crippen LogP contribution in [-0.4, -0.2) is 157 Å². The highest BCUT2D eigenvalue weighted by Gasteiger charge is 2.55. The minimum atomic E-state index is -2.13. The average Bonchev–Trinajstić information content (AvgIpc) is 3.23. The third-order valence-corrected chi connectivity index (χ3v) is 14.8. The van der Waals surface area contributed by atoms with E-state index in [2.05, 4.69) is 6.92 Å². The zero-order valence-corrected chi connectivity index (χ0v) is 39.0. The molecule has 8 N–H and O–H groups in total. The van der Waals surface area contributed by atoms with Crippen LogP contribution >= 0.6 is 0 Å². The SMILES string of the molecule is CC[C@@H](O)C[C@@H]1O[C@@]2(CC[C@@H]1C)C[C@@H]1OC(=O)/C=C\[C@@](C)(O)[C@@H](O)[C@@H](C)[C@@H](O)[C@H](O[C@H]3C[C@H](OC)[C@H](O)[C@@H](C)O3)[C@@H](O)[C@](C)(O)CCC/C=C\[C@@H]3C[C@H](C)CO[C@@]3(O)C[C@H](O2)[C@H]1C. The third kappa shape index (κ3) is 12.7. The van der Waals surface area contributed by atoms with E-state index in [1.54, 1.807) is 6.92 Å². The lowest BCUT2D eigenvalue weighted by Gasteiger charge is -2.53. The van der Waals surface area contributed by atoms with Gasteiger partial charge < -0.3 is 74.0 Å². The number of aliphatic hydroxyl groups is 8. The van der Waals surface area contributed by atoms with Crippen molar-refractivity contribution < 1.29 is 78.8 Å². The van der Waals surface area contributed by atoms with Crippen molar-refractivity contribution in [2.24, 2.45) is 29.6 Å². The number of esters is 1. The molecule has 0 aromatic rings. The van der Waals surface area contributed by atoms with Gasteiger partial charge in [0, 0.05) is 56.6 Å². The first-order chi connectivity index (χ1) is 29.4. The maximum Gasteiger partial charge on any atom is 0.330 e. The van der Waals surface area contributed by atoms with Crippen LogP contribution in [0.4, 0.5) is 0 Å². The first kappa shape index (κ1) is 52.4. The number of methoxy groups -OCH3 is 1. The van der Waals surface area contributed by atoms with Crippen LogP contribution in [0.5, 0.6) is 0 Å². The van der Waals surface area contributed by atoms with Gasteiger partial charge in [-0.1, -0.05) is 46.8 Å². The van der Waals surface area contributed by atoms with Gasteiger partial charge in [-0.05, 0) is 83.6 Å². The van der Waals surface area contributed by atoms with E-state index < -0.39 is 114 Å². The number of hydrogen-bond donors (Lipinski definition) is 8. The molecule has 0 aromatic heterocycles. The number of aliphatic hydroxyl groups excluding tert-OH is 5. The summed E-state index contributed by atoms with van der Waals surface area (Å²) in [5.41, 5.74) is -3.97. The number of fused-ring (bicyclic) bond motifs is 3. The van der Waals surface area contributed by atoms with Gasteiger partial charge in [0.05, 0.1) is 54.9 Å². The Hall–Kier alpha value is -1.61. The van der Waals surface area contributed by atoms with Gasteiger partial charge in [0.2, 0.25) is 0 Å². The molecule has 21 atom stereocenters. The van der Waals surface area contributed by atoms with Crippen LogP contribution in [-0.2, 0) is 38.0 Å². The molecule has 4 saturated heterocycles. The lowest BCUT2D eigenvalue weighted by Crippen LogP contribution is -2.59. The lowest BCUT2D eigenvalue weighted by molar-refractivity contribution is -0.362. The molecule has 0 amide bonds. The van der Waals surface area contributed by atoms with E-state index in [1.807, 2.05) is 32.9 Å². The Morgan fingerprint density at radius 2 is 1.62 bits per heavy atom. The van der Waals surface area contributed by atoms with E-state index in [0.717, 1.165) is 18.6 Å². The molecule has 5 rings (SSSR count). The van der Waals surface area contributed by atoms with E-state index in [4.69, 9.17) is 33.2 Å². The van der Waals surface area contributed by atoms with Crippen LogP contribution < -0.4 is 0 Å². The molecule has 4 fully saturated rings. The van der Waals surface area contributed by atoms with Crippen molar-refractivity contribution in [3.05, 3.63) is 24.3 Å². The fourth-order valence-electron chi connectivity index (χ4n) is 10.1. The van der Waals surface area contributed by atoms with Gasteiger partial charge in [0.1, 0.15) is 30.0 Å². The van der Waals surface area contributed by atoms with Gasteiger partial charge in [-0.3, -0.25) is 0 Å². The molecular weight excluding hydrogens is 821 g/mol. The third-order valence-electron chi connectivity index (χ3n) is 14.8. The molecule has 364 valence electrons. The Morgan fingerprint density at radius 1 is 0.905 bits per heavy atom. The molecule has 5 heterocycles. The lowest BCUT2D eigenvalue weighted by atomic mass is 9.77. The summed E-state index contributed by atoms with van der Waals surface area (Å²) in [6.45, 7) is 14.0. The molecule has 16 nitrogen and oxygen atoms in total. The number of ether oxygens (including phenoxy) is 7. The number of hydrogen-bond acceptors (Lipinski definition) is 16. The summed E-state index contributed by atoms with van der Waals surface area (Å²) in [6.07, 6.45) is -2.72. The second-order valence-corrected chi connectivity index (χ2v) is 20.2. The molecule has 0 radical (unpaired) electrons. The van der Waals surface area contributed by atoms with Gasteiger partial charge in [-0.25, -0.2) is 4.79 Å². The average molecular weight is 901 g/mol. The van der Waals surface area contributed by atoms with Gasteiger partial charge in [-0.15, -0.1) is 0 Å². The summed E-state index contributed by atoms with van der Waals surface area (Å²) in [5, 5.41) is 92.3. The second-order valence-electron chi connectivity index (χ2n) is 20.2. The number of rotatable bonds is 6. The van der Waals surface area contributed by atoms with Crippen molar-refractivity contribution in [1.29, 1.82) is 0 Å². The van der Waals surface area contributed by atoms with Crippen molar-refractivity contribution in [3.8, 4) is 0 Å². The fraction of sp³-hybridized carbons (Fsp3) is 0.894. The molecule has 16 heteroatoms. The van der Waals surface area contributed by atoms with E-state index in [-0.39, 0.29) is 43.6 Å².